The second-order valence-electron chi connectivity index (χ2n) is 5.65. The number of imidazole rings is 1. The molecule has 0 aliphatic carbocycles. The number of nitrogens with one attached hydrogen (secondary N) is 1. The van der Waals surface area contributed by atoms with Crippen LogP contribution >= 0.6 is 0 Å². The Morgan fingerprint density at radius 3 is 2.76 bits per heavy atom. The molecule has 1 N–H and O–H groups in total. The maximum absolute atomic E-state index is 4.67. The number of aromatic nitrogens is 3. The van der Waals surface area contributed by atoms with Crippen molar-refractivity contribution in [1.82, 2.24) is 15.0 Å². The number of hydrogen-bond acceptors (Lipinski definition) is 3. The Morgan fingerprint density at radius 1 is 1.14 bits per heavy atom. The molecule has 0 unspecified atom stereocenters. The molecule has 0 amide bonds. The van der Waals surface area contributed by atoms with Crippen LogP contribution in [-0.2, 0) is 0 Å². The van der Waals surface area contributed by atoms with Crippen molar-refractivity contribution >= 4 is 16.7 Å². The lowest BCUT2D eigenvalue weighted by molar-refractivity contribution is 0.949. The van der Waals surface area contributed by atoms with Crippen molar-refractivity contribution in [2.45, 2.75) is 19.8 Å². The van der Waals surface area contributed by atoms with Crippen LogP contribution < -0.4 is 4.90 Å². The van der Waals surface area contributed by atoms with Gasteiger partial charge in [-0.1, -0.05) is 6.07 Å². The van der Waals surface area contributed by atoms with Crippen molar-refractivity contribution in [2.24, 2.45) is 0 Å². The minimum atomic E-state index is 0.837. The van der Waals surface area contributed by atoms with E-state index in [4.69, 9.17) is 0 Å². The number of benzene rings is 1. The summed E-state index contributed by atoms with van der Waals surface area (Å²) < 4.78 is 0. The van der Waals surface area contributed by atoms with Gasteiger partial charge in [-0.05, 0) is 49.6 Å². The Balaban J connectivity index is 1.81. The predicted molar refractivity (Wildman–Crippen MR) is 85.5 cm³/mol. The molecule has 4 nitrogen and oxygen atoms in total. The van der Waals surface area contributed by atoms with Crippen molar-refractivity contribution in [3.05, 3.63) is 42.1 Å². The van der Waals surface area contributed by atoms with Crippen molar-refractivity contribution in [3.63, 3.8) is 0 Å². The first-order valence-corrected chi connectivity index (χ1v) is 7.48. The maximum Gasteiger partial charge on any atom is 0.157 e. The van der Waals surface area contributed by atoms with E-state index >= 15 is 0 Å². The molecule has 3 aromatic rings. The zero-order valence-corrected chi connectivity index (χ0v) is 12.1. The van der Waals surface area contributed by atoms with Crippen molar-refractivity contribution in [1.29, 1.82) is 0 Å². The van der Waals surface area contributed by atoms with Gasteiger partial charge in [0, 0.05) is 25.0 Å². The van der Waals surface area contributed by atoms with E-state index in [9.17, 15) is 0 Å². The molecule has 2 aromatic heterocycles. The van der Waals surface area contributed by atoms with Gasteiger partial charge in [0.25, 0.3) is 0 Å². The molecule has 4 heteroatoms. The highest BCUT2D eigenvalue weighted by Crippen LogP contribution is 2.29. The molecule has 0 radical (unpaired) electrons. The van der Waals surface area contributed by atoms with E-state index < -0.39 is 0 Å². The van der Waals surface area contributed by atoms with Gasteiger partial charge in [-0.3, -0.25) is 4.98 Å². The van der Waals surface area contributed by atoms with Crippen molar-refractivity contribution in [3.8, 4) is 11.5 Å². The molecule has 0 spiro atoms. The zero-order chi connectivity index (χ0) is 14.2. The average Bonchev–Trinajstić information content (AvgIpc) is 3.16. The Morgan fingerprint density at radius 2 is 2.00 bits per heavy atom. The van der Waals surface area contributed by atoms with Crippen molar-refractivity contribution in [2.75, 3.05) is 18.0 Å². The number of rotatable bonds is 2. The third-order valence-electron chi connectivity index (χ3n) is 4.15. The highest BCUT2D eigenvalue weighted by atomic mass is 15.1. The lowest BCUT2D eigenvalue weighted by Crippen LogP contribution is -2.18. The number of pyridine rings is 1. The molecule has 3 heterocycles. The van der Waals surface area contributed by atoms with E-state index in [1.807, 2.05) is 18.2 Å². The number of H-pyrrole nitrogens is 1. The molecule has 1 aliphatic heterocycles. The van der Waals surface area contributed by atoms with Crippen LogP contribution in [0.25, 0.3) is 22.6 Å². The third kappa shape index (κ3) is 2.17. The number of nitrogens with zero attached hydrogens (tertiary/aromatic N) is 3. The summed E-state index contributed by atoms with van der Waals surface area (Å²) in [5.41, 5.74) is 5.60. The summed E-state index contributed by atoms with van der Waals surface area (Å²) in [5.74, 6) is 0.837. The van der Waals surface area contributed by atoms with Gasteiger partial charge >= 0.3 is 0 Å². The molecule has 1 aromatic carbocycles. The summed E-state index contributed by atoms with van der Waals surface area (Å²) in [6.45, 7) is 4.49. The van der Waals surface area contributed by atoms with E-state index in [1.54, 1.807) is 6.20 Å². The Kier molecular flexibility index (Phi) is 2.88. The Bertz CT molecular complexity index is 770. The van der Waals surface area contributed by atoms with Gasteiger partial charge < -0.3 is 9.88 Å². The fourth-order valence-corrected chi connectivity index (χ4v) is 3.07. The number of hydrogen-bond donors (Lipinski definition) is 1. The summed E-state index contributed by atoms with van der Waals surface area (Å²) >= 11 is 0. The summed E-state index contributed by atoms with van der Waals surface area (Å²) in [6.07, 6.45) is 4.38. The highest BCUT2D eigenvalue weighted by molar-refractivity contribution is 5.84. The monoisotopic (exact) mass is 278 g/mol. The van der Waals surface area contributed by atoms with E-state index in [0.717, 1.165) is 35.6 Å². The lowest BCUT2D eigenvalue weighted by Gasteiger charge is -2.19. The van der Waals surface area contributed by atoms with Crippen LogP contribution in [0, 0.1) is 6.92 Å². The van der Waals surface area contributed by atoms with Crippen LogP contribution in [0.15, 0.2) is 36.5 Å². The zero-order valence-electron chi connectivity index (χ0n) is 12.1. The van der Waals surface area contributed by atoms with E-state index in [2.05, 4.69) is 38.9 Å². The summed E-state index contributed by atoms with van der Waals surface area (Å²) in [6, 6.07) is 10.3. The van der Waals surface area contributed by atoms with E-state index in [-0.39, 0.29) is 0 Å². The van der Waals surface area contributed by atoms with Gasteiger partial charge in [0.1, 0.15) is 5.69 Å². The SMILES string of the molecule is Cc1cc2nc(-c3ccccn3)[nH]c2cc1N1CCCC1. The molecule has 0 bridgehead atoms. The molecular weight excluding hydrogens is 260 g/mol. The van der Waals surface area contributed by atoms with E-state index in [0.29, 0.717) is 0 Å². The number of anilines is 1. The van der Waals surface area contributed by atoms with Gasteiger partial charge in [0.05, 0.1) is 11.0 Å². The third-order valence-corrected chi connectivity index (χ3v) is 4.15. The molecule has 0 atom stereocenters. The predicted octanol–water partition coefficient (Wildman–Crippen LogP) is 3.53. The minimum absolute atomic E-state index is 0.837. The first kappa shape index (κ1) is 12.4. The Hall–Kier alpha value is -2.36. The minimum Gasteiger partial charge on any atom is -0.371 e. The fraction of sp³-hybridized carbons (Fsp3) is 0.294. The first-order chi connectivity index (χ1) is 10.3. The lowest BCUT2D eigenvalue weighted by atomic mass is 10.1. The normalized spacial score (nSPS) is 15.0. The van der Waals surface area contributed by atoms with Gasteiger partial charge in [-0.15, -0.1) is 0 Å². The summed E-state index contributed by atoms with van der Waals surface area (Å²) in [7, 11) is 0. The molecule has 21 heavy (non-hydrogen) atoms. The highest BCUT2D eigenvalue weighted by Gasteiger charge is 2.16. The molecule has 1 aliphatic rings. The maximum atomic E-state index is 4.67. The van der Waals surface area contributed by atoms with Gasteiger partial charge in [0.15, 0.2) is 5.82 Å². The molecule has 0 saturated carbocycles. The van der Waals surface area contributed by atoms with Crippen LogP contribution in [0.4, 0.5) is 5.69 Å². The second kappa shape index (κ2) is 4.88. The van der Waals surface area contributed by atoms with Crippen LogP contribution in [0.1, 0.15) is 18.4 Å². The standard InChI is InChI=1S/C17H18N4/c1-12-10-14-15(11-16(12)21-8-4-5-9-21)20-17(19-14)13-6-2-3-7-18-13/h2-3,6-7,10-11H,4-5,8-9H2,1H3,(H,19,20). The van der Waals surface area contributed by atoms with Crippen molar-refractivity contribution < 1.29 is 0 Å². The first-order valence-electron chi connectivity index (χ1n) is 7.48. The molecule has 1 saturated heterocycles. The van der Waals surface area contributed by atoms with Crippen LogP contribution in [0.3, 0.4) is 0 Å². The van der Waals surface area contributed by atoms with Gasteiger partial charge in [-0.2, -0.15) is 0 Å². The quantitative estimate of drug-likeness (QED) is 0.780. The fourth-order valence-electron chi connectivity index (χ4n) is 3.07. The molecule has 1 fully saturated rings. The Labute approximate surface area is 123 Å². The van der Waals surface area contributed by atoms with Gasteiger partial charge in [-0.25, -0.2) is 4.98 Å². The molecule has 106 valence electrons. The molecular formula is C17H18N4. The molecule has 4 rings (SSSR count). The van der Waals surface area contributed by atoms with Crippen LogP contribution in [-0.4, -0.2) is 28.0 Å². The van der Waals surface area contributed by atoms with Gasteiger partial charge in [0.2, 0.25) is 0 Å². The number of aromatic amines is 1. The number of aryl methyl sites for hydroxylation is 1. The summed E-state index contributed by atoms with van der Waals surface area (Å²) in [5, 5.41) is 0. The van der Waals surface area contributed by atoms with Crippen LogP contribution in [0.5, 0.6) is 0 Å². The number of fused-ring (bicyclic) bond motifs is 1. The average molecular weight is 278 g/mol. The van der Waals surface area contributed by atoms with E-state index in [1.165, 1.54) is 24.1 Å². The topological polar surface area (TPSA) is 44.8 Å². The van der Waals surface area contributed by atoms with Crippen LogP contribution in [0.2, 0.25) is 0 Å². The smallest absolute Gasteiger partial charge is 0.157 e. The largest absolute Gasteiger partial charge is 0.371 e. The summed E-state index contributed by atoms with van der Waals surface area (Å²) in [4.78, 5) is 14.9. The second-order valence-corrected chi connectivity index (χ2v) is 5.65.